The minimum absolute atomic E-state index is 0.111. The lowest BCUT2D eigenvalue weighted by Gasteiger charge is -2.49. The van der Waals surface area contributed by atoms with E-state index in [2.05, 4.69) is 11.1 Å². The lowest BCUT2D eigenvalue weighted by molar-refractivity contribution is -0.163. The molecule has 1 aliphatic rings. The Labute approximate surface area is 128 Å². The number of hydrogen-bond donors (Lipinski definition) is 1. The van der Waals surface area contributed by atoms with Gasteiger partial charge in [-0.15, -0.1) is 11.3 Å². The molecular weight excluding hydrogens is 284 g/mol. The second-order valence-corrected chi connectivity index (χ2v) is 7.20. The number of amides is 1. The van der Waals surface area contributed by atoms with Gasteiger partial charge in [-0.2, -0.15) is 0 Å². The second kappa shape index (κ2) is 5.39. The summed E-state index contributed by atoms with van der Waals surface area (Å²) in [6.45, 7) is 4.90. The molecule has 5 heteroatoms. The number of benzene rings is 1. The molecule has 1 fully saturated rings. The fraction of sp³-hybridized carbons (Fsp3) is 0.500. The standard InChI is InChI=1S/C16H20N2O2S/c1-11(2)16(20)9-18(10-16)15(19)8-7-14-17-12-5-3-4-6-13(12)21-14/h3-6,11,20H,7-10H2,1-2H3. The lowest BCUT2D eigenvalue weighted by Crippen LogP contribution is -2.65. The maximum atomic E-state index is 12.1. The van der Waals surface area contributed by atoms with Gasteiger partial charge in [0.1, 0.15) is 5.60 Å². The number of nitrogens with zero attached hydrogens (tertiary/aromatic N) is 2. The van der Waals surface area contributed by atoms with Gasteiger partial charge in [0.15, 0.2) is 0 Å². The Balaban J connectivity index is 1.55. The largest absolute Gasteiger partial charge is 0.386 e. The molecule has 1 saturated heterocycles. The molecular formula is C16H20N2O2S. The first kappa shape index (κ1) is 14.5. The molecule has 1 aliphatic heterocycles. The highest BCUT2D eigenvalue weighted by molar-refractivity contribution is 7.18. The van der Waals surface area contributed by atoms with Gasteiger partial charge in [0.25, 0.3) is 0 Å². The third kappa shape index (κ3) is 2.80. The number of para-hydroxylation sites is 1. The van der Waals surface area contributed by atoms with E-state index in [-0.39, 0.29) is 11.8 Å². The molecule has 0 aliphatic carbocycles. The van der Waals surface area contributed by atoms with E-state index >= 15 is 0 Å². The zero-order valence-corrected chi connectivity index (χ0v) is 13.2. The summed E-state index contributed by atoms with van der Waals surface area (Å²) in [5, 5.41) is 11.2. The van der Waals surface area contributed by atoms with E-state index in [1.54, 1.807) is 16.2 Å². The zero-order valence-electron chi connectivity index (χ0n) is 12.4. The van der Waals surface area contributed by atoms with Crippen LogP contribution in [0.15, 0.2) is 24.3 Å². The highest BCUT2D eigenvalue weighted by Crippen LogP contribution is 2.29. The number of hydrogen-bond acceptors (Lipinski definition) is 4. The number of aryl methyl sites for hydroxylation is 1. The van der Waals surface area contributed by atoms with Crippen molar-refractivity contribution in [3.8, 4) is 0 Å². The maximum Gasteiger partial charge on any atom is 0.223 e. The lowest BCUT2D eigenvalue weighted by atomic mass is 9.83. The van der Waals surface area contributed by atoms with Crippen LogP contribution >= 0.6 is 11.3 Å². The van der Waals surface area contributed by atoms with Crippen LogP contribution in [-0.4, -0.2) is 39.6 Å². The molecule has 4 nitrogen and oxygen atoms in total. The molecule has 0 spiro atoms. The van der Waals surface area contributed by atoms with Crippen LogP contribution < -0.4 is 0 Å². The van der Waals surface area contributed by atoms with Crippen molar-refractivity contribution < 1.29 is 9.90 Å². The molecule has 1 aromatic heterocycles. The van der Waals surface area contributed by atoms with Crippen molar-refractivity contribution in [2.24, 2.45) is 5.92 Å². The van der Waals surface area contributed by atoms with Crippen LogP contribution in [0, 0.1) is 5.92 Å². The molecule has 112 valence electrons. The minimum Gasteiger partial charge on any atom is -0.386 e. The molecule has 3 rings (SSSR count). The SMILES string of the molecule is CC(C)C1(O)CN(C(=O)CCc2nc3ccccc3s2)C1. The number of thiazole rings is 1. The Morgan fingerprint density at radius 3 is 2.81 bits per heavy atom. The monoisotopic (exact) mass is 304 g/mol. The fourth-order valence-electron chi connectivity index (χ4n) is 2.56. The topological polar surface area (TPSA) is 53.4 Å². The van der Waals surface area contributed by atoms with Crippen molar-refractivity contribution in [1.29, 1.82) is 0 Å². The van der Waals surface area contributed by atoms with Crippen molar-refractivity contribution >= 4 is 27.5 Å². The van der Waals surface area contributed by atoms with Crippen LogP contribution in [-0.2, 0) is 11.2 Å². The van der Waals surface area contributed by atoms with E-state index < -0.39 is 5.60 Å². The Morgan fingerprint density at radius 2 is 2.14 bits per heavy atom. The first-order chi connectivity index (χ1) is 9.98. The predicted molar refractivity (Wildman–Crippen MR) is 84.3 cm³/mol. The summed E-state index contributed by atoms with van der Waals surface area (Å²) in [5.41, 5.74) is 0.314. The van der Waals surface area contributed by atoms with Crippen LogP contribution in [0.2, 0.25) is 0 Å². The van der Waals surface area contributed by atoms with E-state index in [0.29, 0.717) is 25.9 Å². The molecule has 21 heavy (non-hydrogen) atoms. The highest BCUT2D eigenvalue weighted by Gasteiger charge is 2.45. The van der Waals surface area contributed by atoms with E-state index in [1.165, 1.54) is 0 Å². The highest BCUT2D eigenvalue weighted by atomic mass is 32.1. The molecule has 1 N–H and O–H groups in total. The molecule has 0 radical (unpaired) electrons. The summed E-state index contributed by atoms with van der Waals surface area (Å²) in [6.07, 6.45) is 1.14. The van der Waals surface area contributed by atoms with Gasteiger partial charge in [-0.05, 0) is 18.1 Å². The number of likely N-dealkylation sites (tertiary alicyclic amines) is 1. The summed E-state index contributed by atoms with van der Waals surface area (Å²) in [7, 11) is 0. The summed E-state index contributed by atoms with van der Waals surface area (Å²) in [4.78, 5) is 18.4. The molecule has 0 atom stereocenters. The Hall–Kier alpha value is -1.46. The molecule has 0 bridgehead atoms. The van der Waals surface area contributed by atoms with Crippen LogP contribution in [0.5, 0.6) is 0 Å². The molecule has 2 aromatic rings. The predicted octanol–water partition coefficient (Wildman–Crippen LogP) is 2.46. The summed E-state index contributed by atoms with van der Waals surface area (Å²) in [5.74, 6) is 0.297. The van der Waals surface area contributed by atoms with E-state index in [0.717, 1.165) is 15.2 Å². The Bertz CT molecular complexity index is 626. The number of β-amino-alcohol motifs (C(OH)–C–C–N with tert-alkyl or cyclic N) is 1. The smallest absolute Gasteiger partial charge is 0.223 e. The number of rotatable bonds is 4. The number of aromatic nitrogens is 1. The third-order valence-corrected chi connectivity index (χ3v) is 5.34. The van der Waals surface area contributed by atoms with Gasteiger partial charge in [0, 0.05) is 12.8 Å². The summed E-state index contributed by atoms with van der Waals surface area (Å²) < 4.78 is 1.16. The first-order valence-corrected chi connectivity index (χ1v) is 8.14. The Kier molecular flexibility index (Phi) is 3.71. The molecule has 1 amide bonds. The van der Waals surface area contributed by atoms with Gasteiger partial charge >= 0.3 is 0 Å². The van der Waals surface area contributed by atoms with Crippen molar-refractivity contribution in [3.05, 3.63) is 29.3 Å². The van der Waals surface area contributed by atoms with Crippen molar-refractivity contribution in [3.63, 3.8) is 0 Å². The van der Waals surface area contributed by atoms with Gasteiger partial charge < -0.3 is 10.0 Å². The quantitative estimate of drug-likeness (QED) is 0.944. The molecule has 0 saturated carbocycles. The number of fused-ring (bicyclic) bond motifs is 1. The first-order valence-electron chi connectivity index (χ1n) is 7.32. The summed E-state index contributed by atoms with van der Waals surface area (Å²) >= 11 is 1.65. The molecule has 0 unspecified atom stereocenters. The van der Waals surface area contributed by atoms with E-state index in [9.17, 15) is 9.90 Å². The number of aliphatic hydroxyl groups is 1. The van der Waals surface area contributed by atoms with E-state index in [1.807, 2.05) is 32.0 Å². The third-order valence-electron chi connectivity index (χ3n) is 4.25. The normalized spacial score (nSPS) is 17.2. The fourth-order valence-corrected chi connectivity index (χ4v) is 3.52. The van der Waals surface area contributed by atoms with E-state index in [4.69, 9.17) is 0 Å². The maximum absolute atomic E-state index is 12.1. The van der Waals surface area contributed by atoms with Crippen LogP contribution in [0.25, 0.3) is 10.2 Å². The number of carbonyl (C=O) groups is 1. The van der Waals surface area contributed by atoms with Gasteiger partial charge in [-0.25, -0.2) is 4.98 Å². The van der Waals surface area contributed by atoms with Crippen LogP contribution in [0.1, 0.15) is 25.3 Å². The molecule has 2 heterocycles. The van der Waals surface area contributed by atoms with Crippen molar-refractivity contribution in [2.75, 3.05) is 13.1 Å². The van der Waals surface area contributed by atoms with Gasteiger partial charge in [-0.1, -0.05) is 26.0 Å². The average molecular weight is 304 g/mol. The molecule has 1 aromatic carbocycles. The summed E-state index contributed by atoms with van der Waals surface area (Å²) in [6, 6.07) is 8.03. The second-order valence-electron chi connectivity index (χ2n) is 6.08. The number of carbonyl (C=O) groups excluding carboxylic acids is 1. The minimum atomic E-state index is -0.689. The van der Waals surface area contributed by atoms with Gasteiger partial charge in [0.05, 0.1) is 28.3 Å². The van der Waals surface area contributed by atoms with Gasteiger partial charge in [0.2, 0.25) is 5.91 Å². The average Bonchev–Trinajstić information content (AvgIpc) is 2.83. The van der Waals surface area contributed by atoms with Crippen LogP contribution in [0.4, 0.5) is 0 Å². The zero-order chi connectivity index (χ0) is 15.0. The van der Waals surface area contributed by atoms with Crippen molar-refractivity contribution in [1.82, 2.24) is 9.88 Å². The van der Waals surface area contributed by atoms with Crippen molar-refractivity contribution in [2.45, 2.75) is 32.3 Å². The van der Waals surface area contributed by atoms with Crippen LogP contribution in [0.3, 0.4) is 0 Å². The van der Waals surface area contributed by atoms with Gasteiger partial charge in [-0.3, -0.25) is 4.79 Å². The Morgan fingerprint density at radius 1 is 1.43 bits per heavy atom.